The van der Waals surface area contributed by atoms with Crippen molar-refractivity contribution in [1.29, 1.82) is 0 Å². The molecule has 1 fully saturated rings. The van der Waals surface area contributed by atoms with E-state index in [-0.39, 0.29) is 11.4 Å². The molecule has 0 unspecified atom stereocenters. The highest BCUT2D eigenvalue weighted by Crippen LogP contribution is 2.24. The Labute approximate surface area is 178 Å². The number of pyridine rings is 1. The summed E-state index contributed by atoms with van der Waals surface area (Å²) in [6.45, 7) is 8.97. The second-order valence-electron chi connectivity index (χ2n) is 7.42. The van der Waals surface area contributed by atoms with Crippen molar-refractivity contribution >= 4 is 27.3 Å². The van der Waals surface area contributed by atoms with Gasteiger partial charge in [0.05, 0.1) is 6.54 Å². The van der Waals surface area contributed by atoms with Crippen molar-refractivity contribution in [2.45, 2.75) is 18.7 Å². The van der Waals surface area contributed by atoms with Gasteiger partial charge in [0.15, 0.2) is 0 Å². The molecule has 0 atom stereocenters. The van der Waals surface area contributed by atoms with Crippen LogP contribution in [0.5, 0.6) is 0 Å². The van der Waals surface area contributed by atoms with Gasteiger partial charge in [-0.25, -0.2) is 8.42 Å². The third-order valence-electron chi connectivity index (χ3n) is 5.38. The van der Waals surface area contributed by atoms with E-state index in [0.29, 0.717) is 5.69 Å². The summed E-state index contributed by atoms with van der Waals surface area (Å²) in [5, 5.41) is 2.82. The van der Waals surface area contributed by atoms with Crippen molar-refractivity contribution in [2.75, 3.05) is 56.5 Å². The van der Waals surface area contributed by atoms with Crippen LogP contribution in [0.4, 0.5) is 11.4 Å². The zero-order chi connectivity index (χ0) is 21.7. The van der Waals surface area contributed by atoms with E-state index in [4.69, 9.17) is 0 Å². The minimum Gasteiger partial charge on any atom is -0.369 e. The lowest BCUT2D eigenvalue weighted by Crippen LogP contribution is -2.46. The number of sulfonamides is 1. The lowest BCUT2D eigenvalue weighted by atomic mass is 10.1. The molecule has 1 saturated heterocycles. The monoisotopic (exact) mass is 431 g/mol. The standard InChI is InChI=1S/C21H29N5O3S/c1-4-25-10-12-26(13-11-25)18-7-8-20(17(2)14-18)23-21(27)16-24(3)30(28,29)19-6-5-9-22-15-19/h5-9,14-15H,4,10-13,16H2,1-3H3,(H,23,27). The minimum atomic E-state index is -3.77. The molecule has 8 nitrogen and oxygen atoms in total. The smallest absolute Gasteiger partial charge is 0.244 e. The maximum Gasteiger partial charge on any atom is 0.244 e. The van der Waals surface area contributed by atoms with Crippen LogP contribution in [0.1, 0.15) is 12.5 Å². The van der Waals surface area contributed by atoms with Crippen LogP contribution >= 0.6 is 0 Å². The topological polar surface area (TPSA) is 85.9 Å². The molecule has 0 saturated carbocycles. The molecule has 1 aliphatic rings. The maximum absolute atomic E-state index is 12.5. The molecule has 162 valence electrons. The normalized spacial score (nSPS) is 15.4. The van der Waals surface area contributed by atoms with Gasteiger partial charge >= 0.3 is 0 Å². The lowest BCUT2D eigenvalue weighted by Gasteiger charge is -2.35. The maximum atomic E-state index is 12.5. The quantitative estimate of drug-likeness (QED) is 0.719. The highest BCUT2D eigenvalue weighted by atomic mass is 32.2. The molecule has 0 spiro atoms. The average Bonchev–Trinajstić information content (AvgIpc) is 2.75. The number of nitrogens with zero attached hydrogens (tertiary/aromatic N) is 4. The third-order valence-corrected chi connectivity index (χ3v) is 7.16. The molecule has 2 aromatic rings. The van der Waals surface area contributed by atoms with Crippen LogP contribution in [0.3, 0.4) is 0 Å². The van der Waals surface area contributed by atoms with E-state index in [9.17, 15) is 13.2 Å². The Morgan fingerprint density at radius 3 is 2.53 bits per heavy atom. The Balaban J connectivity index is 1.61. The van der Waals surface area contributed by atoms with E-state index in [1.165, 1.54) is 25.5 Å². The molecule has 0 aliphatic carbocycles. The van der Waals surface area contributed by atoms with Crippen molar-refractivity contribution in [3.63, 3.8) is 0 Å². The van der Waals surface area contributed by atoms with Crippen molar-refractivity contribution in [3.8, 4) is 0 Å². The molecule has 30 heavy (non-hydrogen) atoms. The van der Waals surface area contributed by atoms with Crippen LogP contribution < -0.4 is 10.2 Å². The van der Waals surface area contributed by atoms with Crippen molar-refractivity contribution in [1.82, 2.24) is 14.2 Å². The fraction of sp³-hybridized carbons (Fsp3) is 0.429. The molecular weight excluding hydrogens is 402 g/mol. The second-order valence-corrected chi connectivity index (χ2v) is 9.46. The lowest BCUT2D eigenvalue weighted by molar-refractivity contribution is -0.116. The number of carbonyl (C=O) groups is 1. The van der Waals surface area contributed by atoms with Crippen molar-refractivity contribution in [3.05, 3.63) is 48.3 Å². The van der Waals surface area contributed by atoms with Gasteiger partial charge in [-0.2, -0.15) is 4.31 Å². The number of hydrogen-bond donors (Lipinski definition) is 1. The molecule has 1 aromatic heterocycles. The van der Waals surface area contributed by atoms with E-state index in [1.807, 2.05) is 19.1 Å². The Hall–Kier alpha value is -2.49. The fourth-order valence-corrected chi connectivity index (χ4v) is 4.56. The summed E-state index contributed by atoms with van der Waals surface area (Å²) in [6.07, 6.45) is 2.77. The summed E-state index contributed by atoms with van der Waals surface area (Å²) >= 11 is 0. The van der Waals surface area contributed by atoms with Crippen molar-refractivity contribution < 1.29 is 13.2 Å². The molecule has 1 amide bonds. The zero-order valence-corrected chi connectivity index (χ0v) is 18.5. The fourth-order valence-electron chi connectivity index (χ4n) is 3.46. The van der Waals surface area contributed by atoms with Crippen molar-refractivity contribution in [2.24, 2.45) is 0 Å². The number of piperazine rings is 1. The van der Waals surface area contributed by atoms with E-state index < -0.39 is 15.9 Å². The summed E-state index contributed by atoms with van der Waals surface area (Å²) in [5.74, 6) is -0.391. The molecule has 3 rings (SSSR count). The number of rotatable bonds is 7. The Morgan fingerprint density at radius 1 is 1.20 bits per heavy atom. The number of hydrogen-bond acceptors (Lipinski definition) is 6. The van der Waals surface area contributed by atoms with Gasteiger partial charge in [-0.05, 0) is 49.4 Å². The largest absolute Gasteiger partial charge is 0.369 e. The Morgan fingerprint density at radius 2 is 1.93 bits per heavy atom. The van der Waals surface area contributed by atoms with E-state index >= 15 is 0 Å². The Bertz CT molecular complexity index is 973. The molecule has 1 N–H and O–H groups in total. The minimum absolute atomic E-state index is 0.0593. The highest BCUT2D eigenvalue weighted by Gasteiger charge is 2.23. The zero-order valence-electron chi connectivity index (χ0n) is 17.7. The first-order chi connectivity index (χ1) is 14.3. The molecule has 9 heteroatoms. The van der Waals surface area contributed by atoms with E-state index in [2.05, 4.69) is 33.1 Å². The molecule has 1 aliphatic heterocycles. The number of benzene rings is 1. The first-order valence-electron chi connectivity index (χ1n) is 10.1. The summed E-state index contributed by atoms with van der Waals surface area (Å²) < 4.78 is 26.1. The predicted molar refractivity (Wildman–Crippen MR) is 118 cm³/mol. The number of amides is 1. The van der Waals surface area contributed by atoms with Crippen LogP contribution in [0.15, 0.2) is 47.6 Å². The van der Waals surface area contributed by atoms with Gasteiger partial charge in [-0.15, -0.1) is 0 Å². The third kappa shape index (κ3) is 5.16. The average molecular weight is 432 g/mol. The summed E-state index contributed by atoms with van der Waals surface area (Å²) in [4.78, 5) is 21.1. The van der Waals surface area contributed by atoms with Gasteiger partial charge < -0.3 is 15.1 Å². The number of carbonyl (C=O) groups excluding carboxylic acids is 1. The molecule has 2 heterocycles. The van der Waals surface area contributed by atoms with Gasteiger partial charge in [0.2, 0.25) is 15.9 Å². The summed E-state index contributed by atoms with van der Waals surface area (Å²) in [6, 6.07) is 8.95. The number of aromatic nitrogens is 1. The highest BCUT2D eigenvalue weighted by molar-refractivity contribution is 7.89. The molecule has 0 radical (unpaired) electrons. The van der Waals surface area contributed by atoms with Gasteiger partial charge in [-0.1, -0.05) is 6.92 Å². The number of nitrogens with one attached hydrogen (secondary N) is 1. The van der Waals surface area contributed by atoms with Gasteiger partial charge in [-0.3, -0.25) is 9.78 Å². The predicted octanol–water partition coefficient (Wildman–Crippen LogP) is 1.79. The number of anilines is 2. The van der Waals surface area contributed by atoms with Crippen LogP contribution in [0.2, 0.25) is 0 Å². The Kier molecular flexibility index (Phi) is 7.06. The van der Waals surface area contributed by atoms with Gasteiger partial charge in [0, 0.05) is 57.0 Å². The molecule has 1 aromatic carbocycles. The van der Waals surface area contributed by atoms with Gasteiger partial charge in [0.1, 0.15) is 4.90 Å². The van der Waals surface area contributed by atoms with Crippen LogP contribution in [0, 0.1) is 6.92 Å². The summed E-state index contributed by atoms with van der Waals surface area (Å²) in [7, 11) is -2.38. The summed E-state index contributed by atoms with van der Waals surface area (Å²) in [5.41, 5.74) is 2.76. The van der Waals surface area contributed by atoms with E-state index in [0.717, 1.165) is 48.3 Å². The van der Waals surface area contributed by atoms with Crippen LogP contribution in [-0.4, -0.2) is 74.8 Å². The van der Waals surface area contributed by atoms with Crippen LogP contribution in [-0.2, 0) is 14.8 Å². The molecule has 0 bridgehead atoms. The van der Waals surface area contributed by atoms with Crippen LogP contribution in [0.25, 0.3) is 0 Å². The number of likely N-dealkylation sites (N-methyl/N-ethyl adjacent to an activating group) is 2. The first-order valence-corrected chi connectivity index (χ1v) is 11.5. The SMILES string of the molecule is CCN1CCN(c2ccc(NC(=O)CN(C)S(=O)(=O)c3cccnc3)c(C)c2)CC1. The van der Waals surface area contributed by atoms with E-state index in [1.54, 1.807) is 6.07 Å². The van der Waals surface area contributed by atoms with Gasteiger partial charge in [0.25, 0.3) is 0 Å². The second kappa shape index (κ2) is 9.55. The first kappa shape index (κ1) is 22.2. The number of aryl methyl sites for hydroxylation is 1. The molecular formula is C21H29N5O3S.